The van der Waals surface area contributed by atoms with Gasteiger partial charge in [0.2, 0.25) is 0 Å². The lowest BCUT2D eigenvalue weighted by Crippen LogP contribution is -2.48. The summed E-state index contributed by atoms with van der Waals surface area (Å²) in [6.07, 6.45) is 0. The Morgan fingerprint density at radius 2 is 1.25 bits per heavy atom. The van der Waals surface area contributed by atoms with Gasteiger partial charge in [-0.3, -0.25) is 0 Å². The monoisotopic (exact) mass is 444 g/mol. The molecule has 0 radical (unpaired) electrons. The molecule has 6 nitrogen and oxygen atoms in total. The molecule has 0 atom stereocenters. The summed E-state index contributed by atoms with van der Waals surface area (Å²) >= 11 is 0. The highest BCUT2D eigenvalue weighted by Crippen LogP contribution is 2.55. The molecule has 0 spiro atoms. The molecular formula is C25H21N2O4P. The molecule has 0 unspecified atom stereocenters. The van der Waals surface area contributed by atoms with Gasteiger partial charge in [-0.2, -0.15) is 4.62 Å². The molecule has 7 heteroatoms. The summed E-state index contributed by atoms with van der Waals surface area (Å²) in [5.74, 6) is 0. The number of phosphoric acid groups is 1. The van der Waals surface area contributed by atoms with Gasteiger partial charge < -0.3 is 15.1 Å². The highest BCUT2D eigenvalue weighted by Gasteiger charge is 2.50. The van der Waals surface area contributed by atoms with E-state index in [1.165, 1.54) is 5.06 Å². The minimum absolute atomic E-state index is 0.530. The van der Waals surface area contributed by atoms with Gasteiger partial charge in [0.1, 0.15) is 0 Å². The predicted octanol–water partition coefficient (Wildman–Crippen LogP) is 5.51. The van der Waals surface area contributed by atoms with Crippen molar-refractivity contribution in [3.05, 3.63) is 120 Å². The Morgan fingerprint density at radius 3 is 1.78 bits per heavy atom. The zero-order valence-electron chi connectivity index (χ0n) is 17.0. The van der Waals surface area contributed by atoms with E-state index in [2.05, 4.69) is 5.32 Å². The van der Waals surface area contributed by atoms with Gasteiger partial charge in [0.25, 0.3) is 0 Å². The summed E-state index contributed by atoms with van der Waals surface area (Å²) in [4.78, 5) is 19.7. The maximum atomic E-state index is 12.1. The highest BCUT2D eigenvalue weighted by atomic mass is 31.2. The number of anilines is 2. The Morgan fingerprint density at radius 1 is 0.719 bits per heavy atom. The third-order valence-electron chi connectivity index (χ3n) is 5.53. The van der Waals surface area contributed by atoms with E-state index in [-0.39, 0.29) is 0 Å². The summed E-state index contributed by atoms with van der Waals surface area (Å²) < 4.78 is 17.5. The Balaban J connectivity index is 1.80. The number of nitrogens with one attached hydrogen (secondary N) is 1. The second kappa shape index (κ2) is 7.93. The third-order valence-corrected chi connectivity index (χ3v) is 5.90. The van der Waals surface area contributed by atoms with Crippen LogP contribution >= 0.6 is 7.82 Å². The van der Waals surface area contributed by atoms with E-state index in [0.717, 1.165) is 27.9 Å². The number of hydrogen-bond acceptors (Lipinski definition) is 4. The molecule has 1 aliphatic heterocycles. The van der Waals surface area contributed by atoms with Crippen LogP contribution in [0.1, 0.15) is 11.1 Å². The number of hydrogen-bond donors (Lipinski definition) is 3. The van der Waals surface area contributed by atoms with Crippen molar-refractivity contribution in [1.82, 2.24) is 0 Å². The van der Waals surface area contributed by atoms with Gasteiger partial charge in [0.15, 0.2) is 5.66 Å². The normalized spacial score (nSPS) is 14.6. The molecule has 0 amide bonds. The van der Waals surface area contributed by atoms with Gasteiger partial charge in [-0.05, 0) is 11.6 Å². The van der Waals surface area contributed by atoms with Crippen LogP contribution in [0.25, 0.3) is 11.1 Å². The maximum absolute atomic E-state index is 12.1. The molecule has 3 N–H and O–H groups in total. The minimum atomic E-state index is -4.89. The van der Waals surface area contributed by atoms with Crippen LogP contribution in [0.2, 0.25) is 0 Å². The number of rotatable bonds is 5. The molecule has 4 aromatic rings. The summed E-state index contributed by atoms with van der Waals surface area (Å²) in [6, 6.07) is 34.4. The van der Waals surface area contributed by atoms with Gasteiger partial charge >= 0.3 is 7.82 Å². The van der Waals surface area contributed by atoms with Crippen molar-refractivity contribution in [2.45, 2.75) is 5.66 Å². The van der Waals surface area contributed by atoms with Crippen molar-refractivity contribution in [2.24, 2.45) is 0 Å². The molecule has 1 heterocycles. The second-order valence-electron chi connectivity index (χ2n) is 7.50. The van der Waals surface area contributed by atoms with Gasteiger partial charge in [-0.15, -0.1) is 0 Å². The number of fused-ring (bicyclic) bond motifs is 1. The number of hydroxylamine groups is 1. The molecule has 4 aromatic carbocycles. The van der Waals surface area contributed by atoms with E-state index < -0.39 is 13.5 Å². The smallest absolute Gasteiger partial charge is 0.351 e. The number of para-hydroxylation sites is 1. The first kappa shape index (κ1) is 20.5. The second-order valence-corrected chi connectivity index (χ2v) is 8.64. The molecule has 0 saturated carbocycles. The number of nitrogens with zero attached hydrogens (tertiary/aromatic N) is 1. The average Bonchev–Trinajstić information content (AvgIpc) is 3.14. The van der Waals surface area contributed by atoms with Crippen molar-refractivity contribution < 1.29 is 19.0 Å². The fourth-order valence-electron chi connectivity index (χ4n) is 4.23. The van der Waals surface area contributed by atoms with Crippen LogP contribution in [-0.2, 0) is 14.9 Å². The zero-order chi connectivity index (χ0) is 22.2. The summed E-state index contributed by atoms with van der Waals surface area (Å²) in [6.45, 7) is 0. The zero-order valence-corrected chi connectivity index (χ0v) is 17.9. The lowest BCUT2D eigenvalue weighted by molar-refractivity contribution is 0.148. The Bertz CT molecular complexity index is 1240. The standard InChI is InChI=1S/C25H21N2O4P/c28-32(29,30)31-27-23-18-10-17-22(19-11-4-1-5-12-19)24(23)26-25(27,20-13-6-2-7-14-20)21-15-8-3-9-16-21/h1-18,26H,(H2,28,29,30). The summed E-state index contributed by atoms with van der Waals surface area (Å²) in [5, 5.41) is 4.88. The van der Waals surface area contributed by atoms with Crippen LogP contribution in [0.5, 0.6) is 0 Å². The van der Waals surface area contributed by atoms with Crippen molar-refractivity contribution >= 4 is 19.2 Å². The van der Waals surface area contributed by atoms with Crippen LogP contribution in [0.15, 0.2) is 109 Å². The van der Waals surface area contributed by atoms with E-state index in [0.29, 0.717) is 5.69 Å². The van der Waals surface area contributed by atoms with Crippen molar-refractivity contribution in [1.29, 1.82) is 0 Å². The Hall–Kier alpha value is -3.41. The van der Waals surface area contributed by atoms with E-state index in [1.54, 1.807) is 6.07 Å². The lowest BCUT2D eigenvalue weighted by Gasteiger charge is -2.39. The SMILES string of the molecule is O=P(O)(O)ON1c2cccc(-c3ccccc3)c2NC1(c1ccccc1)c1ccccc1. The van der Waals surface area contributed by atoms with Crippen molar-refractivity contribution in [3.8, 4) is 11.1 Å². The molecule has 160 valence electrons. The van der Waals surface area contributed by atoms with Crippen LogP contribution < -0.4 is 10.4 Å². The minimum Gasteiger partial charge on any atom is -0.351 e. The largest absolute Gasteiger partial charge is 0.491 e. The molecule has 1 aliphatic rings. The average molecular weight is 444 g/mol. The van der Waals surface area contributed by atoms with Crippen LogP contribution in [0.4, 0.5) is 11.4 Å². The predicted molar refractivity (Wildman–Crippen MR) is 125 cm³/mol. The first-order valence-corrected chi connectivity index (χ1v) is 11.7. The van der Waals surface area contributed by atoms with Gasteiger partial charge in [-0.1, -0.05) is 103 Å². The van der Waals surface area contributed by atoms with E-state index >= 15 is 0 Å². The van der Waals surface area contributed by atoms with Gasteiger partial charge in [0, 0.05) is 16.7 Å². The molecule has 0 fully saturated rings. The number of benzene rings is 4. The summed E-state index contributed by atoms with van der Waals surface area (Å²) in [7, 11) is -4.89. The fraction of sp³-hybridized carbons (Fsp3) is 0.0400. The van der Waals surface area contributed by atoms with Gasteiger partial charge in [-0.25, -0.2) is 9.63 Å². The fourth-order valence-corrected chi connectivity index (χ4v) is 4.65. The van der Waals surface area contributed by atoms with Crippen LogP contribution in [0.3, 0.4) is 0 Å². The van der Waals surface area contributed by atoms with Crippen LogP contribution in [-0.4, -0.2) is 9.79 Å². The quantitative estimate of drug-likeness (QED) is 0.352. The first-order valence-electron chi connectivity index (χ1n) is 10.1. The maximum Gasteiger partial charge on any atom is 0.491 e. The van der Waals surface area contributed by atoms with Gasteiger partial charge in [0.05, 0.1) is 11.4 Å². The van der Waals surface area contributed by atoms with E-state index in [1.807, 2.05) is 103 Å². The third kappa shape index (κ3) is 3.49. The Kier molecular flexibility index (Phi) is 5.08. The molecule has 32 heavy (non-hydrogen) atoms. The molecular weight excluding hydrogens is 423 g/mol. The van der Waals surface area contributed by atoms with Crippen LogP contribution in [0, 0.1) is 0 Å². The first-order chi connectivity index (χ1) is 15.5. The van der Waals surface area contributed by atoms with E-state index in [9.17, 15) is 14.4 Å². The van der Waals surface area contributed by atoms with Crippen molar-refractivity contribution in [3.63, 3.8) is 0 Å². The topological polar surface area (TPSA) is 82.0 Å². The lowest BCUT2D eigenvalue weighted by atomic mass is 9.91. The molecule has 0 aliphatic carbocycles. The molecule has 0 bridgehead atoms. The van der Waals surface area contributed by atoms with Crippen molar-refractivity contribution in [2.75, 3.05) is 10.4 Å². The highest BCUT2D eigenvalue weighted by molar-refractivity contribution is 7.46. The molecule has 0 saturated heterocycles. The summed E-state index contributed by atoms with van der Waals surface area (Å²) in [5.41, 5.74) is 3.48. The molecule has 5 rings (SSSR count). The van der Waals surface area contributed by atoms with E-state index in [4.69, 9.17) is 4.62 Å². The molecule has 0 aromatic heterocycles. The Labute approximate surface area is 185 Å².